The van der Waals surface area contributed by atoms with Gasteiger partial charge in [0.15, 0.2) is 0 Å². The third kappa shape index (κ3) is 1.46. The molecule has 1 aromatic rings. The van der Waals surface area contributed by atoms with E-state index < -0.39 is 0 Å². The highest BCUT2D eigenvalue weighted by molar-refractivity contribution is 6.09. The normalized spacial score (nSPS) is 9.00. The third-order valence-corrected chi connectivity index (χ3v) is 1.59. The average molecular weight is 160 g/mol. The largest absolute Gasteiger partial charge is 0.508 e. The zero-order valence-corrected chi connectivity index (χ0v) is 6.66. The van der Waals surface area contributed by atoms with E-state index in [0.29, 0.717) is 11.1 Å². The molecule has 0 aliphatic carbocycles. The molecule has 0 fully saturated rings. The highest BCUT2D eigenvalue weighted by Crippen LogP contribution is 2.15. The van der Waals surface area contributed by atoms with Crippen LogP contribution in [0.4, 0.5) is 0 Å². The van der Waals surface area contributed by atoms with Gasteiger partial charge in [-0.2, -0.15) is 0 Å². The van der Waals surface area contributed by atoms with Crippen LogP contribution in [0.15, 0.2) is 18.2 Å². The lowest BCUT2D eigenvalue weighted by atomic mass is 10.1. The third-order valence-electron chi connectivity index (χ3n) is 1.59. The number of hydrogen-bond acceptors (Lipinski definition) is 2. The van der Waals surface area contributed by atoms with Gasteiger partial charge < -0.3 is 5.11 Å². The standard InChI is InChI=1S/C10H8O2/c1-3-10(12)9-5-4-8(11)6-7(9)2/h1,4-6,11H,2H3. The Morgan fingerprint density at radius 1 is 1.58 bits per heavy atom. The number of terminal acetylenes is 1. The van der Waals surface area contributed by atoms with Crippen molar-refractivity contribution in [3.05, 3.63) is 29.3 Å². The second kappa shape index (κ2) is 3.10. The van der Waals surface area contributed by atoms with Crippen LogP contribution in [-0.4, -0.2) is 10.9 Å². The van der Waals surface area contributed by atoms with E-state index in [0.717, 1.165) is 0 Å². The Balaban J connectivity index is 3.20. The Bertz CT molecular complexity index is 359. The fourth-order valence-corrected chi connectivity index (χ4v) is 0.980. The fraction of sp³-hybridized carbons (Fsp3) is 0.100. The molecule has 0 radical (unpaired) electrons. The van der Waals surface area contributed by atoms with Crippen molar-refractivity contribution in [3.8, 4) is 18.1 Å². The molecule has 0 unspecified atom stereocenters. The second-order valence-corrected chi connectivity index (χ2v) is 2.47. The van der Waals surface area contributed by atoms with Crippen molar-refractivity contribution in [1.29, 1.82) is 0 Å². The van der Waals surface area contributed by atoms with E-state index in [1.54, 1.807) is 6.92 Å². The SMILES string of the molecule is C#CC(=O)c1ccc(O)cc1C. The van der Waals surface area contributed by atoms with Crippen molar-refractivity contribution < 1.29 is 9.90 Å². The highest BCUT2D eigenvalue weighted by atomic mass is 16.3. The van der Waals surface area contributed by atoms with Crippen molar-refractivity contribution in [2.24, 2.45) is 0 Å². The van der Waals surface area contributed by atoms with Gasteiger partial charge in [0, 0.05) is 5.56 Å². The number of benzene rings is 1. The molecule has 12 heavy (non-hydrogen) atoms. The number of phenolic OH excluding ortho intramolecular Hbond substituents is 1. The van der Waals surface area contributed by atoms with E-state index >= 15 is 0 Å². The van der Waals surface area contributed by atoms with Crippen LogP contribution in [0.5, 0.6) is 5.75 Å². The summed E-state index contributed by atoms with van der Waals surface area (Å²) in [7, 11) is 0. The number of rotatable bonds is 1. The predicted molar refractivity (Wildman–Crippen MR) is 46.0 cm³/mol. The molecule has 0 saturated heterocycles. The number of carbonyl (C=O) groups excluding carboxylic acids is 1. The maximum absolute atomic E-state index is 11.0. The summed E-state index contributed by atoms with van der Waals surface area (Å²) in [6, 6.07) is 4.47. The second-order valence-electron chi connectivity index (χ2n) is 2.47. The van der Waals surface area contributed by atoms with E-state index in [9.17, 15) is 4.79 Å². The molecule has 0 aliphatic heterocycles. The molecule has 0 atom stereocenters. The van der Waals surface area contributed by atoms with Crippen LogP contribution in [0, 0.1) is 19.3 Å². The van der Waals surface area contributed by atoms with Gasteiger partial charge in [-0.15, -0.1) is 6.42 Å². The molecule has 0 bridgehead atoms. The number of ketones is 1. The quantitative estimate of drug-likeness (QED) is 0.384. The van der Waals surface area contributed by atoms with Gasteiger partial charge >= 0.3 is 0 Å². The van der Waals surface area contributed by atoms with Crippen molar-refractivity contribution >= 4 is 5.78 Å². The number of aromatic hydroxyl groups is 1. The number of phenols is 1. The lowest BCUT2D eigenvalue weighted by Gasteiger charge is -1.99. The first kappa shape index (κ1) is 8.35. The van der Waals surface area contributed by atoms with Crippen molar-refractivity contribution in [1.82, 2.24) is 0 Å². The van der Waals surface area contributed by atoms with Crippen molar-refractivity contribution in [2.75, 3.05) is 0 Å². The maximum atomic E-state index is 11.0. The van der Waals surface area contributed by atoms with E-state index in [4.69, 9.17) is 11.5 Å². The number of Topliss-reactive ketones (excluding diaryl/α,β-unsaturated/α-hetero) is 1. The molecule has 0 saturated carbocycles. The summed E-state index contributed by atoms with van der Waals surface area (Å²) in [5.41, 5.74) is 1.16. The lowest BCUT2D eigenvalue weighted by Crippen LogP contribution is -1.96. The molecular formula is C10H8O2. The van der Waals surface area contributed by atoms with Crippen LogP contribution in [0.25, 0.3) is 0 Å². The topological polar surface area (TPSA) is 37.3 Å². The van der Waals surface area contributed by atoms with Crippen LogP contribution in [0.3, 0.4) is 0 Å². The van der Waals surface area contributed by atoms with Gasteiger partial charge in [-0.05, 0) is 36.6 Å². The van der Waals surface area contributed by atoms with Crippen molar-refractivity contribution in [2.45, 2.75) is 6.92 Å². The van der Waals surface area contributed by atoms with Gasteiger partial charge in [0.1, 0.15) is 5.75 Å². The molecule has 0 spiro atoms. The molecule has 2 heteroatoms. The van der Waals surface area contributed by atoms with E-state index in [-0.39, 0.29) is 11.5 Å². The van der Waals surface area contributed by atoms with Crippen LogP contribution >= 0.6 is 0 Å². The monoisotopic (exact) mass is 160 g/mol. The Morgan fingerprint density at radius 3 is 2.75 bits per heavy atom. The summed E-state index contributed by atoms with van der Waals surface area (Å²) in [5, 5.41) is 9.03. The predicted octanol–water partition coefficient (Wildman–Crippen LogP) is 1.52. The minimum Gasteiger partial charge on any atom is -0.508 e. The summed E-state index contributed by atoms with van der Waals surface area (Å²) < 4.78 is 0. The minimum atomic E-state index is -0.354. The first-order chi connectivity index (χ1) is 5.65. The fourth-order valence-electron chi connectivity index (χ4n) is 0.980. The lowest BCUT2D eigenvalue weighted by molar-refractivity contribution is 0.105. The molecule has 1 rings (SSSR count). The van der Waals surface area contributed by atoms with Crippen LogP contribution < -0.4 is 0 Å². The van der Waals surface area contributed by atoms with Crippen LogP contribution in [0.1, 0.15) is 15.9 Å². The minimum absolute atomic E-state index is 0.140. The molecule has 0 amide bonds. The van der Waals surface area contributed by atoms with Gasteiger partial charge in [-0.25, -0.2) is 0 Å². The summed E-state index contributed by atoms with van der Waals surface area (Å²) in [6.07, 6.45) is 4.95. The molecule has 2 nitrogen and oxygen atoms in total. The van der Waals surface area contributed by atoms with Gasteiger partial charge in [-0.1, -0.05) is 0 Å². The van der Waals surface area contributed by atoms with E-state index in [1.165, 1.54) is 18.2 Å². The molecular weight excluding hydrogens is 152 g/mol. The van der Waals surface area contributed by atoms with Gasteiger partial charge in [0.2, 0.25) is 5.78 Å². The average Bonchev–Trinajstić information content (AvgIpc) is 2.03. The maximum Gasteiger partial charge on any atom is 0.235 e. The summed E-state index contributed by atoms with van der Waals surface area (Å²) in [5.74, 6) is 1.81. The molecule has 60 valence electrons. The molecule has 1 N–H and O–H groups in total. The smallest absolute Gasteiger partial charge is 0.235 e. The highest BCUT2D eigenvalue weighted by Gasteiger charge is 2.05. The Labute approximate surface area is 70.8 Å². The number of carbonyl (C=O) groups is 1. The Morgan fingerprint density at radius 2 is 2.25 bits per heavy atom. The summed E-state index contributed by atoms with van der Waals surface area (Å²) >= 11 is 0. The summed E-state index contributed by atoms with van der Waals surface area (Å²) in [4.78, 5) is 11.0. The molecule has 1 aromatic carbocycles. The zero-order chi connectivity index (χ0) is 9.14. The van der Waals surface area contributed by atoms with E-state index in [2.05, 4.69) is 0 Å². The molecule has 0 aromatic heterocycles. The van der Waals surface area contributed by atoms with E-state index in [1.807, 2.05) is 5.92 Å². The first-order valence-electron chi connectivity index (χ1n) is 3.45. The van der Waals surface area contributed by atoms with Gasteiger partial charge in [0.25, 0.3) is 0 Å². The van der Waals surface area contributed by atoms with Gasteiger partial charge in [0.05, 0.1) is 0 Å². The van der Waals surface area contributed by atoms with Crippen molar-refractivity contribution in [3.63, 3.8) is 0 Å². The van der Waals surface area contributed by atoms with Crippen LogP contribution in [0.2, 0.25) is 0 Å². The zero-order valence-electron chi connectivity index (χ0n) is 6.66. The molecule has 0 aliphatic rings. The first-order valence-corrected chi connectivity index (χ1v) is 3.45. The molecule has 0 heterocycles. The van der Waals surface area contributed by atoms with Crippen LogP contribution in [-0.2, 0) is 0 Å². The Kier molecular flexibility index (Phi) is 2.16. The van der Waals surface area contributed by atoms with Gasteiger partial charge in [-0.3, -0.25) is 4.79 Å². The Hall–Kier alpha value is -1.75. The summed E-state index contributed by atoms with van der Waals surface area (Å²) in [6.45, 7) is 1.73. The number of hydrogen-bond donors (Lipinski definition) is 1. The number of aryl methyl sites for hydroxylation is 1.